The van der Waals surface area contributed by atoms with Gasteiger partial charge in [-0.2, -0.15) is 5.10 Å². The number of halogens is 1. The molecule has 2 rings (SSSR count). The number of aromatic nitrogens is 2. The molecular formula is C17H20FN3O3. The minimum Gasteiger partial charge on any atom is -0.480 e. The smallest absolute Gasteiger partial charge is 0.326 e. The molecule has 1 amide bonds. The number of hydrogen-bond acceptors (Lipinski definition) is 3. The van der Waals surface area contributed by atoms with Crippen molar-refractivity contribution in [3.63, 3.8) is 0 Å². The van der Waals surface area contributed by atoms with Gasteiger partial charge in [0.2, 0.25) is 0 Å². The molecule has 0 saturated carbocycles. The topological polar surface area (TPSA) is 84.2 Å². The lowest BCUT2D eigenvalue weighted by Crippen LogP contribution is -2.41. The van der Waals surface area contributed by atoms with E-state index in [1.54, 1.807) is 25.1 Å². The summed E-state index contributed by atoms with van der Waals surface area (Å²) in [7, 11) is 0. The number of carbonyl (C=O) groups excluding carboxylic acids is 1. The fraction of sp³-hybridized carbons (Fsp3) is 0.353. The summed E-state index contributed by atoms with van der Waals surface area (Å²) in [6, 6.07) is 6.31. The number of hydrogen-bond donors (Lipinski definition) is 2. The number of aryl methyl sites for hydroxylation is 1. The fourth-order valence-electron chi connectivity index (χ4n) is 2.35. The SMILES string of the molecule is Cc1cc(C(=O)N[C@@H](CC(C)C)C(=O)O)nn1-c1ccc(F)cc1. The zero-order valence-electron chi connectivity index (χ0n) is 13.8. The number of carboxylic acids is 1. The van der Waals surface area contributed by atoms with Crippen LogP contribution >= 0.6 is 0 Å². The normalized spacial score (nSPS) is 12.2. The molecule has 0 fully saturated rings. The molecule has 24 heavy (non-hydrogen) atoms. The first-order valence-corrected chi connectivity index (χ1v) is 7.64. The van der Waals surface area contributed by atoms with Gasteiger partial charge in [0.05, 0.1) is 5.69 Å². The number of nitrogens with one attached hydrogen (secondary N) is 1. The van der Waals surface area contributed by atoms with E-state index in [1.165, 1.54) is 16.8 Å². The van der Waals surface area contributed by atoms with Crippen molar-refractivity contribution in [1.29, 1.82) is 0 Å². The Morgan fingerprint density at radius 1 is 1.29 bits per heavy atom. The highest BCUT2D eigenvalue weighted by Gasteiger charge is 2.23. The molecule has 2 aromatic rings. The first-order valence-electron chi connectivity index (χ1n) is 7.64. The predicted molar refractivity (Wildman–Crippen MR) is 86.6 cm³/mol. The number of nitrogens with zero attached hydrogens (tertiary/aromatic N) is 2. The Morgan fingerprint density at radius 3 is 2.46 bits per heavy atom. The fourth-order valence-corrected chi connectivity index (χ4v) is 2.35. The van der Waals surface area contributed by atoms with Crippen molar-refractivity contribution in [3.05, 3.63) is 47.5 Å². The summed E-state index contributed by atoms with van der Waals surface area (Å²) in [6.07, 6.45) is 0.332. The first-order chi connectivity index (χ1) is 11.3. The summed E-state index contributed by atoms with van der Waals surface area (Å²) in [5.41, 5.74) is 1.42. The van der Waals surface area contributed by atoms with Crippen molar-refractivity contribution in [2.45, 2.75) is 33.2 Å². The van der Waals surface area contributed by atoms with E-state index in [4.69, 9.17) is 0 Å². The summed E-state index contributed by atoms with van der Waals surface area (Å²) < 4.78 is 14.5. The zero-order chi connectivity index (χ0) is 17.9. The highest BCUT2D eigenvalue weighted by molar-refractivity contribution is 5.95. The lowest BCUT2D eigenvalue weighted by Gasteiger charge is -2.15. The van der Waals surface area contributed by atoms with Crippen LogP contribution in [0, 0.1) is 18.7 Å². The minimum absolute atomic E-state index is 0.117. The first kappa shape index (κ1) is 17.7. The maximum absolute atomic E-state index is 13.0. The van der Waals surface area contributed by atoms with Gasteiger partial charge in [-0.1, -0.05) is 13.8 Å². The predicted octanol–water partition coefficient (Wildman–Crippen LogP) is 2.55. The van der Waals surface area contributed by atoms with Gasteiger partial charge in [0.25, 0.3) is 5.91 Å². The van der Waals surface area contributed by atoms with E-state index in [9.17, 15) is 19.1 Å². The number of carboxylic acid groups (broad SMARTS) is 1. The number of carbonyl (C=O) groups is 2. The zero-order valence-corrected chi connectivity index (χ0v) is 13.8. The highest BCUT2D eigenvalue weighted by Crippen LogP contribution is 2.13. The van der Waals surface area contributed by atoms with Gasteiger partial charge in [0, 0.05) is 5.69 Å². The quantitative estimate of drug-likeness (QED) is 0.851. The van der Waals surface area contributed by atoms with Crippen LogP contribution in [0.25, 0.3) is 5.69 Å². The third-order valence-corrected chi connectivity index (χ3v) is 3.50. The summed E-state index contributed by atoms with van der Waals surface area (Å²) in [5, 5.41) is 15.9. The Bertz CT molecular complexity index is 738. The lowest BCUT2D eigenvalue weighted by atomic mass is 10.0. The molecule has 0 bridgehead atoms. The summed E-state index contributed by atoms with van der Waals surface area (Å²) in [5.74, 6) is -1.86. The molecule has 0 aliphatic carbocycles. The van der Waals surface area contributed by atoms with Gasteiger partial charge in [-0.25, -0.2) is 13.9 Å². The van der Waals surface area contributed by atoms with Crippen LogP contribution in [0.15, 0.2) is 30.3 Å². The Hall–Kier alpha value is -2.70. The number of aliphatic carboxylic acids is 1. The molecule has 1 aromatic heterocycles. The molecule has 0 aliphatic rings. The Morgan fingerprint density at radius 2 is 1.92 bits per heavy atom. The van der Waals surface area contributed by atoms with Crippen LogP contribution in [-0.4, -0.2) is 32.8 Å². The standard InChI is InChI=1S/C17H20FN3O3/c1-10(2)8-15(17(23)24)19-16(22)14-9-11(3)21(20-14)13-6-4-12(18)5-7-13/h4-7,9-10,15H,8H2,1-3H3,(H,19,22)(H,23,24)/t15-/m0/s1. The molecule has 1 aromatic carbocycles. The molecule has 0 spiro atoms. The second-order valence-corrected chi connectivity index (χ2v) is 6.05. The van der Waals surface area contributed by atoms with Gasteiger partial charge in [-0.3, -0.25) is 4.79 Å². The van der Waals surface area contributed by atoms with Crippen molar-refractivity contribution in [1.82, 2.24) is 15.1 Å². The van der Waals surface area contributed by atoms with E-state index in [0.29, 0.717) is 17.8 Å². The van der Waals surface area contributed by atoms with Gasteiger partial charge in [-0.05, 0) is 49.6 Å². The summed E-state index contributed by atoms with van der Waals surface area (Å²) in [6.45, 7) is 5.53. The van der Waals surface area contributed by atoms with E-state index >= 15 is 0 Å². The second-order valence-electron chi connectivity index (χ2n) is 6.05. The average Bonchev–Trinajstić information content (AvgIpc) is 2.89. The van der Waals surface area contributed by atoms with Crippen molar-refractivity contribution in [2.75, 3.05) is 0 Å². The summed E-state index contributed by atoms with van der Waals surface area (Å²) >= 11 is 0. The van der Waals surface area contributed by atoms with Gasteiger partial charge in [0.15, 0.2) is 5.69 Å². The second kappa shape index (κ2) is 7.25. The maximum atomic E-state index is 13.0. The molecule has 0 unspecified atom stereocenters. The Balaban J connectivity index is 2.20. The van der Waals surface area contributed by atoms with E-state index < -0.39 is 17.9 Å². The molecule has 6 nitrogen and oxygen atoms in total. The van der Waals surface area contributed by atoms with Crippen molar-refractivity contribution in [3.8, 4) is 5.69 Å². The monoisotopic (exact) mass is 333 g/mol. The molecule has 0 aliphatic heterocycles. The van der Waals surface area contributed by atoms with Crippen molar-refractivity contribution in [2.24, 2.45) is 5.92 Å². The van der Waals surface area contributed by atoms with E-state index in [2.05, 4.69) is 10.4 Å². The van der Waals surface area contributed by atoms with E-state index in [1.807, 2.05) is 13.8 Å². The highest BCUT2D eigenvalue weighted by atomic mass is 19.1. The van der Waals surface area contributed by atoms with E-state index in [-0.39, 0.29) is 17.4 Å². The van der Waals surface area contributed by atoms with E-state index in [0.717, 1.165) is 0 Å². The van der Waals surface area contributed by atoms with Gasteiger partial charge >= 0.3 is 5.97 Å². The maximum Gasteiger partial charge on any atom is 0.326 e. The number of amides is 1. The van der Waals surface area contributed by atoms with Crippen LogP contribution in [0.1, 0.15) is 36.5 Å². The number of benzene rings is 1. The Kier molecular flexibility index (Phi) is 5.33. The van der Waals surface area contributed by atoms with Crippen molar-refractivity contribution >= 4 is 11.9 Å². The largest absolute Gasteiger partial charge is 0.480 e. The lowest BCUT2D eigenvalue weighted by molar-refractivity contribution is -0.139. The van der Waals surface area contributed by atoms with Crippen LogP contribution in [0.5, 0.6) is 0 Å². The average molecular weight is 333 g/mol. The molecule has 0 saturated heterocycles. The van der Waals surface area contributed by atoms with Gasteiger partial charge in [-0.15, -0.1) is 0 Å². The van der Waals surface area contributed by atoms with Crippen LogP contribution in [0.4, 0.5) is 4.39 Å². The minimum atomic E-state index is -1.08. The Labute approximate surface area is 139 Å². The molecule has 1 atom stereocenters. The third-order valence-electron chi connectivity index (χ3n) is 3.50. The molecule has 7 heteroatoms. The molecule has 1 heterocycles. The van der Waals surface area contributed by atoms with Crippen LogP contribution in [0.2, 0.25) is 0 Å². The van der Waals surface area contributed by atoms with Crippen LogP contribution < -0.4 is 5.32 Å². The third kappa shape index (κ3) is 4.18. The molecule has 2 N–H and O–H groups in total. The summed E-state index contributed by atoms with van der Waals surface area (Å²) in [4.78, 5) is 23.5. The van der Waals surface area contributed by atoms with Crippen molar-refractivity contribution < 1.29 is 19.1 Å². The van der Waals surface area contributed by atoms with Gasteiger partial charge < -0.3 is 10.4 Å². The van der Waals surface area contributed by atoms with Crippen LogP contribution in [0.3, 0.4) is 0 Å². The number of rotatable bonds is 6. The van der Waals surface area contributed by atoms with Gasteiger partial charge in [0.1, 0.15) is 11.9 Å². The molecule has 128 valence electrons. The molecular weight excluding hydrogens is 313 g/mol. The molecule has 0 radical (unpaired) electrons. The van der Waals surface area contributed by atoms with Crippen LogP contribution in [-0.2, 0) is 4.79 Å².